The normalized spacial score (nSPS) is 12.3. The number of likely N-dealkylation sites (N-methyl/N-ethyl adjacent to an activating group) is 1. The molecule has 1 heterocycles. The summed E-state index contributed by atoms with van der Waals surface area (Å²) in [7, 11) is 3.76. The lowest BCUT2D eigenvalue weighted by Gasteiger charge is -2.23. The van der Waals surface area contributed by atoms with Crippen LogP contribution in [0.4, 0.5) is 0 Å². The van der Waals surface area contributed by atoms with E-state index in [1.165, 1.54) is 5.56 Å². The van der Waals surface area contributed by atoms with Crippen LogP contribution in [-0.4, -0.2) is 30.1 Å². The summed E-state index contributed by atoms with van der Waals surface area (Å²) in [5.74, 6) is 2.31. The molecule has 0 fully saturated rings. The third-order valence-corrected chi connectivity index (χ3v) is 4.73. The Hall–Kier alpha value is -2.30. The van der Waals surface area contributed by atoms with E-state index in [2.05, 4.69) is 36.0 Å². The maximum atomic E-state index is 6.05. The average molecular weight is 371 g/mol. The Kier molecular flexibility index (Phi) is 5.96. The van der Waals surface area contributed by atoms with Crippen LogP contribution in [-0.2, 0) is 13.0 Å². The largest absolute Gasteiger partial charge is 0.497 e. The van der Waals surface area contributed by atoms with Gasteiger partial charge in [-0.05, 0) is 50.2 Å². The molecule has 0 aliphatic rings. The van der Waals surface area contributed by atoms with E-state index in [9.17, 15) is 0 Å². The van der Waals surface area contributed by atoms with Gasteiger partial charge >= 0.3 is 0 Å². The molecule has 0 saturated carbocycles. The maximum Gasteiger partial charge on any atom is 0.209 e. The van der Waals surface area contributed by atoms with Crippen LogP contribution in [0.1, 0.15) is 18.4 Å². The Morgan fingerprint density at radius 3 is 2.65 bits per heavy atom. The average Bonchev–Trinajstić information content (AvgIpc) is 3.11. The van der Waals surface area contributed by atoms with Gasteiger partial charge in [-0.15, -0.1) is 0 Å². The third-order valence-electron chi connectivity index (χ3n) is 4.49. The van der Waals surface area contributed by atoms with Crippen molar-refractivity contribution in [1.82, 2.24) is 9.88 Å². The minimum absolute atomic E-state index is 0.352. The summed E-state index contributed by atoms with van der Waals surface area (Å²) in [4.78, 5) is 6.64. The van der Waals surface area contributed by atoms with E-state index in [0.29, 0.717) is 23.5 Å². The first kappa shape index (κ1) is 18.5. The van der Waals surface area contributed by atoms with Crippen LogP contribution in [0.3, 0.4) is 0 Å². The Morgan fingerprint density at radius 2 is 1.96 bits per heavy atom. The predicted molar refractivity (Wildman–Crippen MR) is 105 cm³/mol. The molecule has 0 amide bonds. The molecule has 5 heteroatoms. The van der Waals surface area contributed by atoms with Crippen LogP contribution in [0.5, 0.6) is 5.75 Å². The number of halogens is 1. The summed E-state index contributed by atoms with van der Waals surface area (Å²) in [5, 5.41) is 0.686. The summed E-state index contributed by atoms with van der Waals surface area (Å²) in [6.45, 7) is 2.85. The number of hydrogen-bond acceptors (Lipinski definition) is 4. The molecule has 4 nitrogen and oxygen atoms in total. The quantitative estimate of drug-likeness (QED) is 0.582. The van der Waals surface area contributed by atoms with Crippen LogP contribution in [0.25, 0.3) is 11.3 Å². The number of oxazole rings is 1. The van der Waals surface area contributed by atoms with Crippen molar-refractivity contribution in [3.63, 3.8) is 0 Å². The third kappa shape index (κ3) is 4.65. The smallest absolute Gasteiger partial charge is 0.209 e. The Bertz CT molecular complexity index is 845. The van der Waals surface area contributed by atoms with Gasteiger partial charge < -0.3 is 9.15 Å². The molecule has 3 rings (SSSR count). The number of methoxy groups -OCH3 is 1. The highest BCUT2D eigenvalue weighted by Crippen LogP contribution is 2.24. The molecule has 0 aliphatic carbocycles. The molecule has 0 bridgehead atoms. The van der Waals surface area contributed by atoms with Crippen LogP contribution >= 0.6 is 11.6 Å². The molecule has 1 unspecified atom stereocenters. The van der Waals surface area contributed by atoms with E-state index >= 15 is 0 Å². The van der Waals surface area contributed by atoms with Gasteiger partial charge in [-0.3, -0.25) is 4.90 Å². The molecule has 0 radical (unpaired) electrons. The van der Waals surface area contributed by atoms with E-state index in [1.807, 2.05) is 36.4 Å². The summed E-state index contributed by atoms with van der Waals surface area (Å²) >= 11 is 6.05. The zero-order valence-corrected chi connectivity index (χ0v) is 16.0. The van der Waals surface area contributed by atoms with E-state index in [-0.39, 0.29) is 0 Å². The van der Waals surface area contributed by atoms with Gasteiger partial charge in [0.1, 0.15) is 5.75 Å². The summed E-state index contributed by atoms with van der Waals surface area (Å²) in [6.07, 6.45) is 2.70. The second kappa shape index (κ2) is 8.39. The van der Waals surface area contributed by atoms with E-state index in [0.717, 1.165) is 23.5 Å². The lowest BCUT2D eigenvalue weighted by Crippen LogP contribution is -2.30. The van der Waals surface area contributed by atoms with Gasteiger partial charge in [0.15, 0.2) is 5.76 Å². The fourth-order valence-electron chi connectivity index (χ4n) is 2.79. The van der Waals surface area contributed by atoms with Crippen molar-refractivity contribution in [2.45, 2.75) is 25.9 Å². The summed E-state index contributed by atoms with van der Waals surface area (Å²) < 4.78 is 11.1. The maximum absolute atomic E-state index is 6.05. The topological polar surface area (TPSA) is 38.5 Å². The molecule has 1 aromatic heterocycles. The molecule has 26 heavy (non-hydrogen) atoms. The summed E-state index contributed by atoms with van der Waals surface area (Å²) in [6, 6.07) is 16.1. The van der Waals surface area contributed by atoms with Crippen LogP contribution in [0.2, 0.25) is 5.02 Å². The van der Waals surface area contributed by atoms with Crippen molar-refractivity contribution in [2.75, 3.05) is 14.2 Å². The lowest BCUT2D eigenvalue weighted by molar-refractivity contribution is 0.225. The van der Waals surface area contributed by atoms with Gasteiger partial charge in [0, 0.05) is 16.6 Å². The molecular weight excluding hydrogens is 348 g/mol. The van der Waals surface area contributed by atoms with Crippen molar-refractivity contribution in [3.8, 4) is 17.1 Å². The van der Waals surface area contributed by atoms with E-state index < -0.39 is 0 Å². The molecule has 0 spiro atoms. The molecule has 136 valence electrons. The highest BCUT2D eigenvalue weighted by atomic mass is 35.5. The minimum Gasteiger partial charge on any atom is -0.497 e. The fraction of sp³-hybridized carbons (Fsp3) is 0.286. The Morgan fingerprint density at radius 1 is 1.19 bits per heavy atom. The Labute approximate surface area is 159 Å². The zero-order chi connectivity index (χ0) is 18.5. The number of benzene rings is 2. The van der Waals surface area contributed by atoms with E-state index in [4.69, 9.17) is 20.8 Å². The predicted octanol–water partition coefficient (Wildman–Crippen LogP) is 5.07. The van der Waals surface area contributed by atoms with Gasteiger partial charge in [-0.25, -0.2) is 4.98 Å². The second-order valence-electron chi connectivity index (χ2n) is 6.44. The van der Waals surface area contributed by atoms with Crippen LogP contribution in [0.15, 0.2) is 59.1 Å². The fourth-order valence-corrected chi connectivity index (χ4v) is 2.98. The highest BCUT2D eigenvalue weighted by molar-refractivity contribution is 6.30. The second-order valence-corrected chi connectivity index (χ2v) is 6.88. The number of nitrogens with zero attached hydrogens (tertiary/aromatic N) is 2. The minimum atomic E-state index is 0.352. The molecular formula is C21H23ClN2O2. The molecule has 2 aromatic carbocycles. The standard InChI is InChI=1S/C21H23ClN2O2/c1-15(11-16-7-9-19(25-3)10-8-16)24(2)14-21-23-13-20(26-21)17-5-4-6-18(22)12-17/h4-10,12-13,15H,11,14H2,1-3H3. The highest BCUT2D eigenvalue weighted by Gasteiger charge is 2.14. The molecule has 0 aliphatic heterocycles. The van der Waals surface area contributed by atoms with Crippen molar-refractivity contribution in [2.24, 2.45) is 0 Å². The monoisotopic (exact) mass is 370 g/mol. The van der Waals surface area contributed by atoms with E-state index in [1.54, 1.807) is 13.3 Å². The first-order valence-corrected chi connectivity index (χ1v) is 8.97. The van der Waals surface area contributed by atoms with Gasteiger partial charge in [0.25, 0.3) is 0 Å². The van der Waals surface area contributed by atoms with Gasteiger partial charge in [0.05, 0.1) is 19.9 Å². The number of hydrogen-bond donors (Lipinski definition) is 0. The summed E-state index contributed by atoms with van der Waals surface area (Å²) in [5.41, 5.74) is 2.21. The van der Waals surface area contributed by atoms with Gasteiger partial charge in [-0.1, -0.05) is 35.9 Å². The van der Waals surface area contributed by atoms with Crippen molar-refractivity contribution in [1.29, 1.82) is 0 Å². The number of rotatable bonds is 7. The molecule has 1 atom stereocenters. The molecule has 3 aromatic rings. The molecule has 0 N–H and O–H groups in total. The van der Waals surface area contributed by atoms with Crippen LogP contribution in [0, 0.1) is 0 Å². The first-order chi connectivity index (χ1) is 12.5. The SMILES string of the molecule is COc1ccc(CC(C)N(C)Cc2ncc(-c3cccc(Cl)c3)o2)cc1. The molecule has 0 saturated heterocycles. The van der Waals surface area contributed by atoms with Crippen molar-refractivity contribution >= 4 is 11.6 Å². The zero-order valence-electron chi connectivity index (χ0n) is 15.3. The first-order valence-electron chi connectivity index (χ1n) is 8.59. The van der Waals surface area contributed by atoms with Gasteiger partial charge in [0.2, 0.25) is 5.89 Å². The lowest BCUT2D eigenvalue weighted by atomic mass is 10.1. The van der Waals surface area contributed by atoms with Crippen molar-refractivity contribution in [3.05, 3.63) is 71.2 Å². The number of ether oxygens (including phenoxy) is 1. The van der Waals surface area contributed by atoms with Crippen molar-refractivity contribution < 1.29 is 9.15 Å². The van der Waals surface area contributed by atoms with Gasteiger partial charge in [-0.2, -0.15) is 0 Å². The number of aromatic nitrogens is 1. The van der Waals surface area contributed by atoms with Crippen LogP contribution < -0.4 is 4.74 Å². The Balaban J connectivity index is 1.61.